The van der Waals surface area contributed by atoms with Crippen LogP contribution in [-0.2, 0) is 4.74 Å². The van der Waals surface area contributed by atoms with E-state index in [1.807, 2.05) is 54.6 Å². The largest absolute Gasteiger partial charge is 0.461 e. The van der Waals surface area contributed by atoms with Crippen molar-refractivity contribution in [1.29, 1.82) is 0 Å². The molecule has 0 fully saturated rings. The molecule has 0 radical (unpaired) electrons. The first-order valence-electron chi connectivity index (χ1n) is 8.58. The zero-order chi connectivity index (χ0) is 17.9. The summed E-state index contributed by atoms with van der Waals surface area (Å²) in [6.07, 6.45) is 0. The smallest absolute Gasteiger partial charge is 0.358 e. The second-order valence-electron chi connectivity index (χ2n) is 5.91. The zero-order valence-electron chi connectivity index (χ0n) is 14.4. The number of para-hydroxylation sites is 1. The lowest BCUT2D eigenvalue weighted by atomic mass is 10.0. The molecular formula is C22H18N2O2. The molecule has 4 heteroatoms. The lowest BCUT2D eigenvalue weighted by Gasteiger charge is -2.10. The fourth-order valence-corrected chi connectivity index (χ4v) is 3.09. The quantitative estimate of drug-likeness (QED) is 0.497. The topological polar surface area (TPSA) is 44.1 Å². The van der Waals surface area contributed by atoms with Gasteiger partial charge in [-0.2, -0.15) is 5.10 Å². The minimum Gasteiger partial charge on any atom is -0.461 e. The third kappa shape index (κ3) is 2.86. The molecule has 26 heavy (non-hydrogen) atoms. The number of carbonyl (C=O) groups is 1. The van der Waals surface area contributed by atoms with E-state index in [0.29, 0.717) is 12.3 Å². The Balaban J connectivity index is 1.96. The van der Waals surface area contributed by atoms with Crippen molar-refractivity contribution in [2.24, 2.45) is 0 Å². The minimum atomic E-state index is -0.413. The maximum absolute atomic E-state index is 12.2. The van der Waals surface area contributed by atoms with Gasteiger partial charge in [-0.05, 0) is 35.9 Å². The van der Waals surface area contributed by atoms with Crippen LogP contribution in [0.25, 0.3) is 27.7 Å². The summed E-state index contributed by atoms with van der Waals surface area (Å²) in [6.45, 7) is 2.11. The number of aromatic nitrogens is 2. The van der Waals surface area contributed by atoms with Crippen LogP contribution in [-0.4, -0.2) is 22.4 Å². The minimum absolute atomic E-state index is 0.304. The first-order chi connectivity index (χ1) is 12.8. The Labute approximate surface area is 151 Å². The van der Waals surface area contributed by atoms with Gasteiger partial charge in [-0.1, -0.05) is 60.7 Å². The number of rotatable bonds is 4. The van der Waals surface area contributed by atoms with Gasteiger partial charge in [0.05, 0.1) is 18.0 Å². The number of nitrogens with zero attached hydrogens (tertiary/aromatic N) is 2. The van der Waals surface area contributed by atoms with E-state index < -0.39 is 5.97 Å². The molecule has 0 unspecified atom stereocenters. The Hall–Kier alpha value is -3.40. The summed E-state index contributed by atoms with van der Waals surface area (Å²) in [6, 6.07) is 25.9. The molecule has 4 aromatic rings. The fraction of sp³-hybridized carbons (Fsp3) is 0.0909. The molecule has 0 saturated carbocycles. The predicted octanol–water partition coefficient (Wildman–Crippen LogP) is 4.87. The summed E-state index contributed by atoms with van der Waals surface area (Å²) in [7, 11) is 0. The van der Waals surface area contributed by atoms with Crippen LogP contribution in [0, 0.1) is 0 Å². The molecule has 3 aromatic carbocycles. The third-order valence-corrected chi connectivity index (χ3v) is 4.26. The van der Waals surface area contributed by atoms with E-state index in [9.17, 15) is 4.79 Å². The van der Waals surface area contributed by atoms with Crippen LogP contribution in [0.1, 0.15) is 17.4 Å². The molecule has 0 N–H and O–H groups in total. The van der Waals surface area contributed by atoms with Crippen LogP contribution < -0.4 is 0 Å². The number of hydrogen-bond donors (Lipinski definition) is 0. The summed E-state index contributed by atoms with van der Waals surface area (Å²) in [4.78, 5) is 12.2. The second kappa shape index (κ2) is 6.84. The van der Waals surface area contributed by atoms with E-state index in [1.165, 1.54) is 0 Å². The van der Waals surface area contributed by atoms with E-state index >= 15 is 0 Å². The molecule has 1 aromatic heterocycles. The number of esters is 1. The number of fused-ring (bicyclic) bond motifs is 1. The SMILES string of the molecule is CCOC(=O)c1cc(-c2cccc3ccccc23)n(-c2ccccc2)n1. The molecular weight excluding hydrogens is 324 g/mol. The normalized spacial score (nSPS) is 10.8. The van der Waals surface area contributed by atoms with Crippen LogP contribution in [0.3, 0.4) is 0 Å². The van der Waals surface area contributed by atoms with Crippen LogP contribution >= 0.6 is 0 Å². The lowest BCUT2D eigenvalue weighted by Crippen LogP contribution is -2.06. The molecule has 0 spiro atoms. The lowest BCUT2D eigenvalue weighted by molar-refractivity contribution is 0.0519. The molecule has 4 rings (SSSR count). The Bertz CT molecular complexity index is 1060. The molecule has 0 atom stereocenters. The van der Waals surface area contributed by atoms with Crippen molar-refractivity contribution >= 4 is 16.7 Å². The fourth-order valence-electron chi connectivity index (χ4n) is 3.09. The molecule has 0 aliphatic rings. The van der Waals surface area contributed by atoms with Gasteiger partial charge >= 0.3 is 5.97 Å². The first kappa shape index (κ1) is 16.1. The molecule has 1 heterocycles. The number of benzene rings is 3. The van der Waals surface area contributed by atoms with Crippen molar-refractivity contribution in [2.75, 3.05) is 6.61 Å². The summed E-state index contributed by atoms with van der Waals surface area (Å²) in [5.74, 6) is -0.413. The summed E-state index contributed by atoms with van der Waals surface area (Å²) in [5, 5.41) is 6.78. The Kier molecular flexibility index (Phi) is 4.23. The Morgan fingerprint density at radius 2 is 1.69 bits per heavy atom. The van der Waals surface area contributed by atoms with Crippen molar-refractivity contribution < 1.29 is 9.53 Å². The number of carbonyl (C=O) groups excluding carboxylic acids is 1. The van der Waals surface area contributed by atoms with Crippen molar-refractivity contribution in [3.63, 3.8) is 0 Å². The molecule has 0 saturated heterocycles. The summed E-state index contributed by atoms with van der Waals surface area (Å²) in [5.41, 5.74) is 3.08. The molecule has 128 valence electrons. The molecule has 0 bridgehead atoms. The Morgan fingerprint density at radius 1 is 0.962 bits per heavy atom. The first-order valence-corrected chi connectivity index (χ1v) is 8.58. The van der Waals surface area contributed by atoms with Gasteiger partial charge in [-0.15, -0.1) is 0 Å². The third-order valence-electron chi connectivity index (χ3n) is 4.26. The highest BCUT2D eigenvalue weighted by atomic mass is 16.5. The van der Waals surface area contributed by atoms with Gasteiger partial charge in [-0.25, -0.2) is 9.48 Å². The molecule has 0 aliphatic heterocycles. The maximum atomic E-state index is 12.2. The van der Waals surface area contributed by atoms with Gasteiger partial charge in [0.25, 0.3) is 0 Å². The molecule has 0 amide bonds. The summed E-state index contributed by atoms with van der Waals surface area (Å²) >= 11 is 0. The van der Waals surface area contributed by atoms with Gasteiger partial charge < -0.3 is 4.74 Å². The van der Waals surface area contributed by atoms with E-state index in [0.717, 1.165) is 27.7 Å². The Morgan fingerprint density at radius 3 is 2.50 bits per heavy atom. The standard InChI is InChI=1S/C22H18N2O2/c1-2-26-22(25)20-15-21(24(23-20)17-11-4-3-5-12-17)19-14-8-10-16-9-6-7-13-18(16)19/h3-15H,2H2,1H3. The highest BCUT2D eigenvalue weighted by molar-refractivity contribution is 5.97. The van der Waals surface area contributed by atoms with E-state index in [4.69, 9.17) is 4.74 Å². The van der Waals surface area contributed by atoms with Gasteiger partial charge in [0.2, 0.25) is 0 Å². The zero-order valence-corrected chi connectivity index (χ0v) is 14.4. The van der Waals surface area contributed by atoms with E-state index in [1.54, 1.807) is 17.7 Å². The van der Waals surface area contributed by atoms with Crippen LogP contribution in [0.2, 0.25) is 0 Å². The number of ether oxygens (including phenoxy) is 1. The van der Waals surface area contributed by atoms with Crippen molar-refractivity contribution in [1.82, 2.24) is 9.78 Å². The average Bonchev–Trinajstić information content (AvgIpc) is 3.14. The van der Waals surface area contributed by atoms with Crippen molar-refractivity contribution in [3.8, 4) is 16.9 Å². The molecule has 4 nitrogen and oxygen atoms in total. The van der Waals surface area contributed by atoms with Crippen LogP contribution in [0.5, 0.6) is 0 Å². The highest BCUT2D eigenvalue weighted by Crippen LogP contribution is 2.31. The average molecular weight is 342 g/mol. The van der Waals surface area contributed by atoms with Gasteiger partial charge in [-0.3, -0.25) is 0 Å². The van der Waals surface area contributed by atoms with Gasteiger partial charge in [0, 0.05) is 5.56 Å². The predicted molar refractivity (Wildman–Crippen MR) is 102 cm³/mol. The van der Waals surface area contributed by atoms with Crippen LogP contribution in [0.4, 0.5) is 0 Å². The number of hydrogen-bond acceptors (Lipinski definition) is 3. The van der Waals surface area contributed by atoms with E-state index in [-0.39, 0.29) is 0 Å². The van der Waals surface area contributed by atoms with Crippen LogP contribution in [0.15, 0.2) is 78.9 Å². The van der Waals surface area contributed by atoms with Gasteiger partial charge in [0.15, 0.2) is 5.69 Å². The van der Waals surface area contributed by atoms with Crippen molar-refractivity contribution in [2.45, 2.75) is 6.92 Å². The summed E-state index contributed by atoms with van der Waals surface area (Å²) < 4.78 is 6.94. The second-order valence-corrected chi connectivity index (χ2v) is 5.91. The monoisotopic (exact) mass is 342 g/mol. The molecule has 0 aliphatic carbocycles. The maximum Gasteiger partial charge on any atom is 0.358 e. The van der Waals surface area contributed by atoms with Crippen molar-refractivity contribution in [3.05, 3.63) is 84.6 Å². The van der Waals surface area contributed by atoms with E-state index in [2.05, 4.69) is 23.3 Å². The highest BCUT2D eigenvalue weighted by Gasteiger charge is 2.18. The van der Waals surface area contributed by atoms with Gasteiger partial charge in [0.1, 0.15) is 0 Å².